The third-order valence-electron chi connectivity index (χ3n) is 1.15. The highest BCUT2D eigenvalue weighted by atomic mass is 16.5. The van der Waals surface area contributed by atoms with Gasteiger partial charge in [-0.25, -0.2) is 4.98 Å². The Morgan fingerprint density at radius 3 is 2.82 bits per heavy atom. The minimum absolute atomic E-state index is 0.339. The summed E-state index contributed by atoms with van der Waals surface area (Å²) in [6.07, 6.45) is 1.48. The second kappa shape index (κ2) is 3.83. The Morgan fingerprint density at radius 1 is 1.55 bits per heavy atom. The van der Waals surface area contributed by atoms with E-state index in [0.717, 1.165) is 0 Å². The molecule has 0 aliphatic heterocycles. The molecule has 1 rings (SSSR count). The second-order valence-corrected chi connectivity index (χ2v) is 1.81. The Labute approximate surface area is 65.1 Å². The molecule has 0 aliphatic rings. The molecule has 1 heterocycles. The normalized spacial score (nSPS) is 8.91. The topological polar surface area (TPSA) is 51.6 Å². The van der Waals surface area contributed by atoms with Crippen molar-refractivity contribution in [2.75, 3.05) is 7.11 Å². The van der Waals surface area contributed by atoms with E-state index in [9.17, 15) is 0 Å². The quantitative estimate of drug-likeness (QED) is 0.607. The van der Waals surface area contributed by atoms with Gasteiger partial charge < -0.3 is 14.4 Å². The van der Waals surface area contributed by atoms with Crippen molar-refractivity contribution in [3.8, 4) is 11.6 Å². The van der Waals surface area contributed by atoms with Crippen molar-refractivity contribution < 1.29 is 14.4 Å². The Kier molecular flexibility index (Phi) is 2.74. The van der Waals surface area contributed by atoms with Crippen LogP contribution in [0.1, 0.15) is 0 Å². The maximum atomic E-state index is 8.36. The van der Waals surface area contributed by atoms with Crippen LogP contribution < -0.4 is 9.39 Å². The Bertz CT molecular complexity index is 214. The van der Waals surface area contributed by atoms with E-state index in [4.69, 9.17) is 14.4 Å². The predicted molar refractivity (Wildman–Crippen MR) is 40.8 cm³/mol. The molecule has 4 nitrogen and oxygen atoms in total. The van der Waals surface area contributed by atoms with Gasteiger partial charge in [0.1, 0.15) is 5.75 Å². The standard InChI is InChI=1S/C6H8BNO3/c1-10-6-3-2-5(4-8-6)11-7-9/h2-4,7,9H,1H3. The SMILES string of the molecule is COc1ccc(OBO)cn1. The van der Waals surface area contributed by atoms with Gasteiger partial charge in [-0.15, -0.1) is 0 Å². The molecule has 0 saturated heterocycles. The Morgan fingerprint density at radius 2 is 2.36 bits per heavy atom. The number of nitrogens with zero attached hydrogens (tertiary/aromatic N) is 1. The minimum Gasteiger partial charge on any atom is -0.538 e. The molecule has 0 bridgehead atoms. The molecule has 0 fully saturated rings. The van der Waals surface area contributed by atoms with Crippen LogP contribution in [0.3, 0.4) is 0 Å². The number of ether oxygens (including phenoxy) is 1. The van der Waals surface area contributed by atoms with Crippen LogP contribution in [0.2, 0.25) is 0 Å². The van der Waals surface area contributed by atoms with Crippen LogP contribution in [0, 0.1) is 0 Å². The minimum atomic E-state index is -0.339. The lowest BCUT2D eigenvalue weighted by molar-refractivity contribution is 0.395. The summed E-state index contributed by atoms with van der Waals surface area (Å²) in [4.78, 5) is 3.86. The van der Waals surface area contributed by atoms with E-state index in [-0.39, 0.29) is 7.69 Å². The fourth-order valence-electron chi connectivity index (χ4n) is 0.647. The van der Waals surface area contributed by atoms with Crippen molar-refractivity contribution in [2.45, 2.75) is 0 Å². The van der Waals surface area contributed by atoms with Crippen LogP contribution in [-0.2, 0) is 0 Å². The number of aromatic nitrogens is 1. The lowest BCUT2D eigenvalue weighted by Gasteiger charge is -2.01. The fourth-order valence-corrected chi connectivity index (χ4v) is 0.647. The molecule has 58 valence electrons. The molecule has 0 aromatic carbocycles. The highest BCUT2D eigenvalue weighted by Crippen LogP contribution is 2.11. The van der Waals surface area contributed by atoms with Gasteiger partial charge in [-0.3, -0.25) is 0 Å². The smallest absolute Gasteiger partial charge is 0.504 e. The molecule has 0 amide bonds. The molecule has 0 aliphatic carbocycles. The van der Waals surface area contributed by atoms with Crippen molar-refractivity contribution in [3.05, 3.63) is 18.3 Å². The van der Waals surface area contributed by atoms with Crippen LogP contribution in [0.25, 0.3) is 0 Å². The first kappa shape index (κ1) is 7.88. The lowest BCUT2D eigenvalue weighted by Crippen LogP contribution is -2.00. The highest BCUT2D eigenvalue weighted by molar-refractivity contribution is 6.17. The summed E-state index contributed by atoms with van der Waals surface area (Å²) in [6, 6.07) is 3.33. The average molecular weight is 153 g/mol. The maximum absolute atomic E-state index is 8.36. The molecule has 5 heteroatoms. The zero-order chi connectivity index (χ0) is 8.10. The van der Waals surface area contributed by atoms with E-state index in [0.29, 0.717) is 11.6 Å². The summed E-state index contributed by atoms with van der Waals surface area (Å²) in [7, 11) is 1.20. The highest BCUT2D eigenvalue weighted by Gasteiger charge is 1.94. The predicted octanol–water partition coefficient (Wildman–Crippen LogP) is -0.272. The fraction of sp³-hybridized carbons (Fsp3) is 0.167. The molecule has 0 atom stereocenters. The molecule has 0 unspecified atom stereocenters. The van der Waals surface area contributed by atoms with Gasteiger partial charge in [-0.1, -0.05) is 0 Å². The van der Waals surface area contributed by atoms with Crippen LogP contribution in [0.4, 0.5) is 0 Å². The van der Waals surface area contributed by atoms with Crippen LogP contribution in [0.15, 0.2) is 18.3 Å². The average Bonchev–Trinajstić information content (AvgIpc) is 2.07. The van der Waals surface area contributed by atoms with Gasteiger partial charge in [-0.05, 0) is 6.07 Å². The van der Waals surface area contributed by atoms with E-state index in [1.54, 1.807) is 12.1 Å². The van der Waals surface area contributed by atoms with E-state index in [1.807, 2.05) is 0 Å². The zero-order valence-corrected chi connectivity index (χ0v) is 6.15. The third-order valence-corrected chi connectivity index (χ3v) is 1.15. The molecule has 1 N–H and O–H groups in total. The molecular formula is C6H8BNO3. The van der Waals surface area contributed by atoms with Crippen molar-refractivity contribution in [2.24, 2.45) is 0 Å². The molecule has 11 heavy (non-hydrogen) atoms. The summed E-state index contributed by atoms with van der Waals surface area (Å²) in [5, 5.41) is 8.36. The van der Waals surface area contributed by atoms with Crippen molar-refractivity contribution in [1.29, 1.82) is 0 Å². The summed E-state index contributed by atoms with van der Waals surface area (Å²) in [6.45, 7) is 0. The Balaban J connectivity index is 2.66. The van der Waals surface area contributed by atoms with Gasteiger partial charge in [-0.2, -0.15) is 0 Å². The van der Waals surface area contributed by atoms with Crippen molar-refractivity contribution in [1.82, 2.24) is 4.98 Å². The summed E-state index contributed by atoms with van der Waals surface area (Å²) >= 11 is 0. The van der Waals surface area contributed by atoms with Crippen LogP contribution in [-0.4, -0.2) is 24.8 Å². The zero-order valence-electron chi connectivity index (χ0n) is 6.15. The molecule has 1 aromatic rings. The first-order valence-electron chi connectivity index (χ1n) is 3.10. The van der Waals surface area contributed by atoms with Crippen molar-refractivity contribution >= 4 is 7.69 Å². The van der Waals surface area contributed by atoms with Gasteiger partial charge in [0.25, 0.3) is 0 Å². The molecule has 0 saturated carbocycles. The van der Waals surface area contributed by atoms with Crippen molar-refractivity contribution in [3.63, 3.8) is 0 Å². The van der Waals surface area contributed by atoms with Crippen LogP contribution >= 0.6 is 0 Å². The van der Waals surface area contributed by atoms with Gasteiger partial charge in [0.15, 0.2) is 0 Å². The van der Waals surface area contributed by atoms with Gasteiger partial charge >= 0.3 is 7.69 Å². The van der Waals surface area contributed by atoms with Crippen LogP contribution in [0.5, 0.6) is 11.6 Å². The number of hydrogen-bond donors (Lipinski definition) is 1. The van der Waals surface area contributed by atoms with Gasteiger partial charge in [0.2, 0.25) is 5.88 Å². The van der Waals surface area contributed by atoms with Gasteiger partial charge in [0.05, 0.1) is 13.3 Å². The largest absolute Gasteiger partial charge is 0.538 e. The lowest BCUT2D eigenvalue weighted by atomic mass is 10.4. The first-order chi connectivity index (χ1) is 5.36. The van der Waals surface area contributed by atoms with Gasteiger partial charge in [0, 0.05) is 6.07 Å². The third kappa shape index (κ3) is 2.12. The summed E-state index contributed by atoms with van der Waals surface area (Å²) in [5.74, 6) is 1.04. The summed E-state index contributed by atoms with van der Waals surface area (Å²) in [5.41, 5.74) is 0. The van der Waals surface area contributed by atoms with E-state index in [1.165, 1.54) is 13.3 Å². The number of methoxy groups -OCH3 is 1. The van der Waals surface area contributed by atoms with E-state index >= 15 is 0 Å². The number of hydrogen-bond acceptors (Lipinski definition) is 4. The number of pyridine rings is 1. The monoisotopic (exact) mass is 153 g/mol. The summed E-state index contributed by atoms with van der Waals surface area (Å²) < 4.78 is 9.56. The first-order valence-corrected chi connectivity index (χ1v) is 3.10. The Hall–Kier alpha value is -1.23. The second-order valence-electron chi connectivity index (χ2n) is 1.81. The molecule has 1 aromatic heterocycles. The maximum Gasteiger partial charge on any atom is 0.504 e. The van der Waals surface area contributed by atoms with E-state index < -0.39 is 0 Å². The molecule has 0 radical (unpaired) electrons. The molecular weight excluding hydrogens is 145 g/mol. The van der Waals surface area contributed by atoms with E-state index in [2.05, 4.69) is 4.98 Å². The molecule has 0 spiro atoms. The number of rotatable bonds is 3.